The van der Waals surface area contributed by atoms with E-state index in [-0.39, 0.29) is 24.9 Å². The van der Waals surface area contributed by atoms with Crippen LogP contribution in [0.1, 0.15) is 0 Å². The third-order valence-electron chi connectivity index (χ3n) is 2.61. The summed E-state index contributed by atoms with van der Waals surface area (Å²) in [6, 6.07) is 6.43. The predicted molar refractivity (Wildman–Crippen MR) is 72.3 cm³/mol. The Hall–Kier alpha value is -0.660. The van der Waals surface area contributed by atoms with E-state index in [2.05, 4.69) is 15.9 Å². The largest absolute Gasteiger partial charge is 0.378 e. The van der Waals surface area contributed by atoms with Crippen molar-refractivity contribution in [2.24, 2.45) is 0 Å². The lowest BCUT2D eigenvalue weighted by Gasteiger charge is -2.29. The van der Waals surface area contributed by atoms with Crippen LogP contribution in [-0.4, -0.2) is 42.4 Å². The highest BCUT2D eigenvalue weighted by Crippen LogP contribution is 2.37. The maximum absolute atomic E-state index is 13.9. The molecule has 1 aliphatic heterocycles. The number of amides is 1. The molecule has 1 amide bonds. The number of rotatable bonds is 3. The van der Waals surface area contributed by atoms with Gasteiger partial charge in [-0.2, -0.15) is 8.78 Å². The molecule has 0 aliphatic carbocycles. The lowest BCUT2D eigenvalue weighted by molar-refractivity contribution is -0.150. The van der Waals surface area contributed by atoms with Crippen LogP contribution in [0.5, 0.6) is 0 Å². The number of ether oxygens (including phenoxy) is 1. The van der Waals surface area contributed by atoms with Gasteiger partial charge in [0.25, 0.3) is 0 Å². The molecular weight excluding hydrogens is 340 g/mol. The molecule has 104 valence electrons. The first-order valence-electron chi connectivity index (χ1n) is 5.68. The highest BCUT2D eigenvalue weighted by molar-refractivity contribution is 9.10. The molecule has 0 bridgehead atoms. The molecule has 1 aliphatic rings. The second-order valence-corrected chi connectivity index (χ2v) is 6.08. The molecule has 1 aromatic carbocycles. The van der Waals surface area contributed by atoms with Crippen molar-refractivity contribution in [1.29, 1.82) is 0 Å². The van der Waals surface area contributed by atoms with Crippen LogP contribution in [0.25, 0.3) is 0 Å². The molecule has 0 unspecified atom stereocenters. The molecule has 0 atom stereocenters. The van der Waals surface area contributed by atoms with Crippen LogP contribution in [0.2, 0.25) is 0 Å². The van der Waals surface area contributed by atoms with Gasteiger partial charge in [0, 0.05) is 22.5 Å². The van der Waals surface area contributed by atoms with E-state index in [0.717, 1.165) is 9.37 Å². The van der Waals surface area contributed by atoms with Crippen molar-refractivity contribution >= 4 is 33.6 Å². The average Bonchev–Trinajstić information content (AvgIpc) is 2.41. The molecule has 0 radical (unpaired) electrons. The van der Waals surface area contributed by atoms with E-state index in [1.54, 1.807) is 24.3 Å². The van der Waals surface area contributed by atoms with Crippen LogP contribution in [0.4, 0.5) is 8.78 Å². The molecule has 0 saturated carbocycles. The SMILES string of the molecule is O=C(N1CCOCC1)C(F)(F)Sc1ccc(Br)cc1. The van der Waals surface area contributed by atoms with Crippen molar-refractivity contribution in [1.82, 2.24) is 4.90 Å². The van der Waals surface area contributed by atoms with Gasteiger partial charge < -0.3 is 9.64 Å². The second-order valence-electron chi connectivity index (χ2n) is 3.98. The Labute approximate surface area is 122 Å². The van der Waals surface area contributed by atoms with Crippen molar-refractivity contribution in [2.75, 3.05) is 26.3 Å². The van der Waals surface area contributed by atoms with E-state index < -0.39 is 11.2 Å². The Bertz CT molecular complexity index is 450. The van der Waals surface area contributed by atoms with Crippen LogP contribution >= 0.6 is 27.7 Å². The minimum atomic E-state index is -3.45. The van der Waals surface area contributed by atoms with Gasteiger partial charge >= 0.3 is 11.2 Å². The number of carbonyl (C=O) groups excluding carboxylic acids is 1. The molecule has 0 aromatic heterocycles. The number of thioether (sulfide) groups is 1. The molecule has 1 fully saturated rings. The highest BCUT2D eigenvalue weighted by atomic mass is 79.9. The Morgan fingerprint density at radius 3 is 2.42 bits per heavy atom. The van der Waals surface area contributed by atoms with Gasteiger partial charge in [-0.05, 0) is 36.0 Å². The van der Waals surface area contributed by atoms with E-state index in [1.165, 1.54) is 0 Å². The maximum atomic E-state index is 13.9. The number of halogens is 3. The molecule has 1 saturated heterocycles. The normalized spacial score (nSPS) is 16.5. The fourth-order valence-electron chi connectivity index (χ4n) is 1.64. The van der Waals surface area contributed by atoms with E-state index in [9.17, 15) is 13.6 Å². The summed E-state index contributed by atoms with van der Waals surface area (Å²) >= 11 is 3.50. The summed E-state index contributed by atoms with van der Waals surface area (Å²) in [5, 5.41) is -3.45. The van der Waals surface area contributed by atoms with Crippen LogP contribution in [0, 0.1) is 0 Å². The minimum Gasteiger partial charge on any atom is -0.378 e. The predicted octanol–water partition coefficient (Wildman–Crippen LogP) is 2.99. The number of carbonyl (C=O) groups is 1. The molecule has 1 heterocycles. The smallest absolute Gasteiger partial charge is 0.375 e. The topological polar surface area (TPSA) is 29.5 Å². The third kappa shape index (κ3) is 3.90. The van der Waals surface area contributed by atoms with E-state index in [1.807, 2.05) is 0 Å². The van der Waals surface area contributed by atoms with E-state index >= 15 is 0 Å². The first kappa shape index (κ1) is 14.7. The molecule has 7 heteroatoms. The van der Waals surface area contributed by atoms with E-state index in [0.29, 0.717) is 18.1 Å². The summed E-state index contributed by atoms with van der Waals surface area (Å²) in [6.45, 7) is 1.06. The van der Waals surface area contributed by atoms with Gasteiger partial charge in [0.05, 0.1) is 13.2 Å². The number of morpholine rings is 1. The van der Waals surface area contributed by atoms with Crippen molar-refractivity contribution in [2.45, 2.75) is 10.2 Å². The molecule has 19 heavy (non-hydrogen) atoms. The average molecular weight is 352 g/mol. The van der Waals surface area contributed by atoms with Gasteiger partial charge in [-0.25, -0.2) is 0 Å². The van der Waals surface area contributed by atoms with Gasteiger partial charge in [0.1, 0.15) is 0 Å². The molecule has 2 rings (SSSR count). The van der Waals surface area contributed by atoms with Crippen molar-refractivity contribution in [3.05, 3.63) is 28.7 Å². The summed E-state index contributed by atoms with van der Waals surface area (Å²) in [5.41, 5.74) is 0. The zero-order valence-corrected chi connectivity index (χ0v) is 12.3. The van der Waals surface area contributed by atoms with Crippen molar-refractivity contribution in [3.63, 3.8) is 0 Å². The van der Waals surface area contributed by atoms with Crippen molar-refractivity contribution < 1.29 is 18.3 Å². The number of alkyl halides is 2. The Balaban J connectivity index is 2.04. The standard InChI is InChI=1S/C12H12BrF2NO2S/c13-9-1-3-10(4-2-9)19-12(14,15)11(17)16-5-7-18-8-6-16/h1-4H,5-8H2. The lowest BCUT2D eigenvalue weighted by atomic mass is 10.4. The molecular formula is C12H12BrF2NO2S. The maximum Gasteiger partial charge on any atom is 0.375 e. The second kappa shape index (κ2) is 6.19. The monoisotopic (exact) mass is 351 g/mol. The van der Waals surface area contributed by atoms with Gasteiger partial charge in [0.2, 0.25) is 0 Å². The fraction of sp³-hybridized carbons (Fsp3) is 0.417. The summed E-state index contributed by atoms with van der Waals surface area (Å²) in [7, 11) is 0. The number of benzene rings is 1. The minimum absolute atomic E-state index is 0.218. The number of nitrogens with zero attached hydrogens (tertiary/aromatic N) is 1. The molecule has 3 nitrogen and oxygen atoms in total. The van der Waals surface area contributed by atoms with Crippen LogP contribution in [0.15, 0.2) is 33.6 Å². The first-order chi connectivity index (χ1) is 8.99. The fourth-order valence-corrected chi connectivity index (χ4v) is 2.69. The Morgan fingerprint density at radius 1 is 1.26 bits per heavy atom. The summed E-state index contributed by atoms with van der Waals surface area (Å²) in [4.78, 5) is 13.3. The Morgan fingerprint density at radius 2 is 1.84 bits per heavy atom. The first-order valence-corrected chi connectivity index (χ1v) is 7.29. The van der Waals surface area contributed by atoms with Crippen LogP contribution in [-0.2, 0) is 9.53 Å². The van der Waals surface area contributed by atoms with E-state index in [4.69, 9.17) is 4.74 Å². The molecule has 1 aromatic rings. The van der Waals surface area contributed by atoms with Gasteiger partial charge in [0.15, 0.2) is 0 Å². The van der Waals surface area contributed by atoms with Crippen molar-refractivity contribution in [3.8, 4) is 0 Å². The summed E-state index contributed by atoms with van der Waals surface area (Å²) < 4.78 is 33.7. The quantitative estimate of drug-likeness (QED) is 0.784. The highest BCUT2D eigenvalue weighted by Gasteiger charge is 2.43. The van der Waals surface area contributed by atoms with Gasteiger partial charge in [-0.1, -0.05) is 15.9 Å². The zero-order chi connectivity index (χ0) is 13.9. The third-order valence-corrected chi connectivity index (χ3v) is 4.07. The molecule has 0 N–H and O–H groups in total. The number of hydrogen-bond acceptors (Lipinski definition) is 3. The van der Waals surface area contributed by atoms with Crippen LogP contribution < -0.4 is 0 Å². The summed E-state index contributed by atoms with van der Waals surface area (Å²) in [6.07, 6.45) is 0. The Kier molecular flexibility index (Phi) is 4.81. The molecule has 0 spiro atoms. The van der Waals surface area contributed by atoms with Gasteiger partial charge in [-0.15, -0.1) is 0 Å². The zero-order valence-electron chi connectivity index (χ0n) is 9.94. The van der Waals surface area contributed by atoms with Crippen LogP contribution in [0.3, 0.4) is 0 Å². The summed E-state index contributed by atoms with van der Waals surface area (Å²) in [5.74, 6) is -1.15. The van der Waals surface area contributed by atoms with Gasteiger partial charge in [-0.3, -0.25) is 4.79 Å². The lowest BCUT2D eigenvalue weighted by Crippen LogP contribution is -2.47. The number of hydrogen-bond donors (Lipinski definition) is 0.